The van der Waals surface area contributed by atoms with Crippen LogP contribution < -0.4 is 0 Å². The van der Waals surface area contributed by atoms with Crippen molar-refractivity contribution < 1.29 is 9.53 Å². The monoisotopic (exact) mass is 492 g/mol. The molecule has 0 bridgehead atoms. The molecule has 5 aromatic rings. The highest BCUT2D eigenvalue weighted by Crippen LogP contribution is 2.16. The maximum Gasteiger partial charge on any atom is 0.337 e. The molecule has 0 unspecified atom stereocenters. The molecule has 0 radical (unpaired) electrons. The lowest BCUT2D eigenvalue weighted by atomic mass is 10.0. The van der Waals surface area contributed by atoms with E-state index in [1.54, 1.807) is 36.9 Å². The number of carbonyl (C=O) groups excluding carboxylic acids is 1. The van der Waals surface area contributed by atoms with Gasteiger partial charge in [-0.05, 0) is 66.7 Å². The zero-order chi connectivity index (χ0) is 26.2. The van der Waals surface area contributed by atoms with Crippen LogP contribution in [-0.2, 0) is 4.74 Å². The second-order valence-electron chi connectivity index (χ2n) is 8.08. The molecule has 5 rings (SSSR count). The molecule has 0 aliphatic rings. The highest BCUT2D eigenvalue weighted by Gasteiger charge is 2.08. The number of pyridine rings is 4. The molecule has 0 N–H and O–H groups in total. The van der Waals surface area contributed by atoms with Crippen LogP contribution >= 0.6 is 0 Å². The normalized spacial score (nSPS) is 9.92. The summed E-state index contributed by atoms with van der Waals surface area (Å²) in [6.07, 6.45) is 6.84. The van der Waals surface area contributed by atoms with Gasteiger partial charge in [0.05, 0.1) is 35.4 Å². The maximum atomic E-state index is 12.3. The molecule has 0 amide bonds. The summed E-state index contributed by atoms with van der Waals surface area (Å²) in [4.78, 5) is 29.8. The van der Waals surface area contributed by atoms with E-state index < -0.39 is 5.97 Å². The Labute approximate surface area is 220 Å². The van der Waals surface area contributed by atoms with Crippen molar-refractivity contribution >= 4 is 5.97 Å². The van der Waals surface area contributed by atoms with Gasteiger partial charge in [-0.2, -0.15) is 0 Å². The second kappa shape index (κ2) is 11.4. The fraction of sp³-hybridized carbons (Fsp3) is 0.0312. The molecule has 0 aliphatic carbocycles. The topological polar surface area (TPSA) is 77.9 Å². The lowest BCUT2D eigenvalue weighted by Gasteiger charge is -2.02. The number of ether oxygens (including phenoxy) is 1. The summed E-state index contributed by atoms with van der Waals surface area (Å²) in [5, 5.41) is 0. The first kappa shape index (κ1) is 24.1. The first-order chi connectivity index (χ1) is 18.7. The number of hydrogen-bond donors (Lipinski definition) is 0. The third-order valence-corrected chi connectivity index (χ3v) is 5.43. The van der Waals surface area contributed by atoms with Crippen molar-refractivity contribution in [1.29, 1.82) is 0 Å². The van der Waals surface area contributed by atoms with Crippen molar-refractivity contribution in [1.82, 2.24) is 19.9 Å². The van der Waals surface area contributed by atoms with E-state index in [-0.39, 0.29) is 0 Å². The van der Waals surface area contributed by atoms with Gasteiger partial charge in [-0.3, -0.25) is 19.9 Å². The Balaban J connectivity index is 1.46. The summed E-state index contributed by atoms with van der Waals surface area (Å²) in [6.45, 7) is 0. The summed E-state index contributed by atoms with van der Waals surface area (Å²) in [5.41, 5.74) is 6.19. The zero-order valence-electron chi connectivity index (χ0n) is 20.4. The van der Waals surface area contributed by atoms with Gasteiger partial charge < -0.3 is 4.74 Å². The molecule has 6 nitrogen and oxygen atoms in total. The minimum absolute atomic E-state index is 0.372. The van der Waals surface area contributed by atoms with Gasteiger partial charge in [-0.25, -0.2) is 4.79 Å². The molecule has 0 saturated heterocycles. The summed E-state index contributed by atoms with van der Waals surface area (Å²) in [7, 11) is 1.35. The van der Waals surface area contributed by atoms with Gasteiger partial charge in [-0.1, -0.05) is 35.8 Å². The number of benzene rings is 1. The Morgan fingerprint density at radius 1 is 0.553 bits per heavy atom. The van der Waals surface area contributed by atoms with Crippen molar-refractivity contribution in [3.63, 3.8) is 0 Å². The average molecular weight is 493 g/mol. The van der Waals surface area contributed by atoms with Gasteiger partial charge in [0, 0.05) is 47.0 Å². The second-order valence-corrected chi connectivity index (χ2v) is 8.08. The van der Waals surface area contributed by atoms with Crippen LogP contribution in [0.4, 0.5) is 0 Å². The Hall–Kier alpha value is -5.59. The van der Waals surface area contributed by atoms with Crippen molar-refractivity contribution in [3.8, 4) is 46.5 Å². The summed E-state index contributed by atoms with van der Waals surface area (Å²) >= 11 is 0. The third kappa shape index (κ3) is 5.96. The summed E-state index contributed by atoms with van der Waals surface area (Å²) in [5.74, 6) is 12.1. The Morgan fingerprint density at radius 2 is 1.03 bits per heavy atom. The molecule has 4 aromatic heterocycles. The van der Waals surface area contributed by atoms with Crippen molar-refractivity contribution in [2.45, 2.75) is 0 Å². The number of methoxy groups -OCH3 is 1. The van der Waals surface area contributed by atoms with Gasteiger partial charge in [0.2, 0.25) is 0 Å². The van der Waals surface area contributed by atoms with Crippen LogP contribution in [0.15, 0.2) is 104 Å². The van der Waals surface area contributed by atoms with Gasteiger partial charge >= 0.3 is 5.97 Å². The smallest absolute Gasteiger partial charge is 0.337 e. The average Bonchev–Trinajstić information content (AvgIpc) is 2.99. The van der Waals surface area contributed by atoms with Crippen LogP contribution in [0.5, 0.6) is 0 Å². The molecular formula is C32H20N4O2. The fourth-order valence-electron chi connectivity index (χ4n) is 3.62. The van der Waals surface area contributed by atoms with Crippen LogP contribution in [0, 0.1) is 23.7 Å². The number of aromatic nitrogens is 4. The quantitative estimate of drug-likeness (QED) is 0.255. The predicted octanol–water partition coefficient (Wildman–Crippen LogP) is 5.19. The van der Waals surface area contributed by atoms with Crippen molar-refractivity contribution in [2.75, 3.05) is 7.11 Å². The number of carbonyl (C=O) groups is 1. The minimum atomic E-state index is -0.459. The Morgan fingerprint density at radius 3 is 1.47 bits per heavy atom. The van der Waals surface area contributed by atoms with Crippen molar-refractivity contribution in [3.05, 3.63) is 131 Å². The highest BCUT2D eigenvalue weighted by molar-refractivity contribution is 5.90. The van der Waals surface area contributed by atoms with E-state index in [0.29, 0.717) is 16.7 Å². The van der Waals surface area contributed by atoms with Crippen LogP contribution in [0.2, 0.25) is 0 Å². The first-order valence-corrected chi connectivity index (χ1v) is 11.7. The van der Waals surface area contributed by atoms with Crippen molar-refractivity contribution in [2.24, 2.45) is 0 Å². The van der Waals surface area contributed by atoms with Gasteiger partial charge in [-0.15, -0.1) is 0 Å². The van der Waals surface area contributed by atoms with Gasteiger partial charge in [0.1, 0.15) is 0 Å². The predicted molar refractivity (Wildman–Crippen MR) is 145 cm³/mol. The summed E-state index contributed by atoms with van der Waals surface area (Å²) in [6, 6.07) is 24.0. The molecule has 38 heavy (non-hydrogen) atoms. The maximum absolute atomic E-state index is 12.3. The van der Waals surface area contributed by atoms with Crippen LogP contribution in [-0.4, -0.2) is 33.0 Å². The number of rotatable bonds is 3. The van der Waals surface area contributed by atoms with Gasteiger partial charge in [0.25, 0.3) is 0 Å². The van der Waals surface area contributed by atoms with E-state index in [0.717, 1.165) is 33.9 Å². The number of esters is 1. The molecular weight excluding hydrogens is 472 g/mol. The van der Waals surface area contributed by atoms with E-state index in [1.165, 1.54) is 7.11 Å². The van der Waals surface area contributed by atoms with E-state index in [1.807, 2.05) is 66.7 Å². The summed E-state index contributed by atoms with van der Waals surface area (Å²) < 4.78 is 4.94. The lowest BCUT2D eigenvalue weighted by molar-refractivity contribution is 0.0600. The lowest BCUT2D eigenvalue weighted by Crippen LogP contribution is -2.02. The first-order valence-electron chi connectivity index (χ1n) is 11.7. The van der Waals surface area contributed by atoms with E-state index in [9.17, 15) is 4.79 Å². The molecule has 4 heterocycles. The SMILES string of the molecule is COC(=O)c1cc(C#Cc2ccnc(-c3ccccn3)c2)cc(C#Cc2ccnc(-c3ccccn3)c2)c1. The fourth-order valence-corrected chi connectivity index (χ4v) is 3.62. The van der Waals surface area contributed by atoms with E-state index in [2.05, 4.69) is 43.6 Å². The molecule has 0 atom stereocenters. The van der Waals surface area contributed by atoms with Crippen LogP contribution in [0.1, 0.15) is 32.6 Å². The van der Waals surface area contributed by atoms with Crippen LogP contribution in [0.25, 0.3) is 22.8 Å². The molecule has 0 saturated carbocycles. The van der Waals surface area contributed by atoms with E-state index >= 15 is 0 Å². The molecule has 0 fully saturated rings. The van der Waals surface area contributed by atoms with E-state index in [4.69, 9.17) is 4.74 Å². The highest BCUT2D eigenvalue weighted by atomic mass is 16.5. The third-order valence-electron chi connectivity index (χ3n) is 5.43. The van der Waals surface area contributed by atoms with Gasteiger partial charge in [0.15, 0.2) is 0 Å². The Bertz CT molecular complexity index is 1610. The number of hydrogen-bond acceptors (Lipinski definition) is 6. The van der Waals surface area contributed by atoms with Crippen LogP contribution in [0.3, 0.4) is 0 Å². The standard InChI is InChI=1S/C32H20N4O2/c1-38-32(37)27-19-25(10-8-23-12-16-35-30(21-23)28-6-2-4-14-33-28)18-26(20-27)11-9-24-13-17-36-31(22-24)29-7-3-5-15-34-29/h2-7,12-22H,1H3. The molecule has 0 spiro atoms. The molecule has 1 aromatic carbocycles. The number of nitrogens with zero attached hydrogens (tertiary/aromatic N) is 4. The molecule has 180 valence electrons. The molecule has 0 aliphatic heterocycles. The largest absolute Gasteiger partial charge is 0.465 e. The minimum Gasteiger partial charge on any atom is -0.465 e. The Kier molecular flexibility index (Phi) is 7.26. The zero-order valence-corrected chi connectivity index (χ0v) is 20.4. The molecule has 6 heteroatoms.